The molecule has 0 unspecified atom stereocenters. The number of hydrogen-bond acceptors (Lipinski definition) is 16. The van der Waals surface area contributed by atoms with Crippen molar-refractivity contribution in [1.29, 1.82) is 0 Å². The normalized spacial score (nSPS) is 23.4. The number of aromatic amines is 1. The van der Waals surface area contributed by atoms with E-state index in [0.717, 1.165) is 10.9 Å². The van der Waals surface area contributed by atoms with Crippen molar-refractivity contribution in [1.82, 2.24) is 66.7 Å². The van der Waals surface area contributed by atoms with Crippen LogP contribution in [0.25, 0.3) is 10.9 Å². The van der Waals surface area contributed by atoms with E-state index >= 15 is 19.2 Å². The maximum absolute atomic E-state index is 15.2. The van der Waals surface area contributed by atoms with Crippen LogP contribution in [0.15, 0.2) is 85.1 Å². The number of phenolic OH excluding ortho intramolecular Hbond substituents is 1. The van der Waals surface area contributed by atoms with Crippen molar-refractivity contribution < 1.29 is 63.6 Å². The Bertz CT molecular complexity index is 2930. The van der Waals surface area contributed by atoms with Crippen LogP contribution in [-0.4, -0.2) is 251 Å². The summed E-state index contributed by atoms with van der Waals surface area (Å²) >= 11 is 0. The van der Waals surface area contributed by atoms with E-state index in [1.165, 1.54) is 31.0 Å². The number of carbonyl (C=O) groups excluding carboxylic acids is 7. The standard InChI is InChI=1S/C60H83N13O13/c1-38(44-33-63-45-14-8-7-13-43(44)45)53-58(84)66-48(34-70-23-21-61-22-24-70)56(82)68-54(39(2)74)59(85)65-47(32-40-11-5-4-6-12-40)60(86)69(3)49(57(83)64-46(55(81)67-53)31-41-16-18-42(75)19-17-41)15-9-10-20-62-50(76)35-71-25-27-72(36-51(77)78)29-30-73(28-26-71)37-52(79)80/h4-8,11-14,16-19,33,38-39,46-49,53-54,61,63,74-75H,9-10,15,20-32,34-37H2,1-3H3,(H,62,76)(H,64,83)(H,65,85)(H,66,84)(H,67,81)(H,68,82)(H,77,78)(H,79,80)/t38-,39+,46-,47-,48-,49-,53+,54-/m0/s1. The maximum Gasteiger partial charge on any atom is 0.317 e. The average Bonchev–Trinajstić information content (AvgIpc) is 2.10. The second kappa shape index (κ2) is 31.9. The topological polar surface area (TPSA) is 351 Å². The lowest BCUT2D eigenvalue weighted by molar-refractivity contribution is -0.144. The van der Waals surface area contributed by atoms with E-state index in [1.54, 1.807) is 65.4 Å². The first kappa shape index (κ1) is 65.5. The smallest absolute Gasteiger partial charge is 0.317 e. The van der Waals surface area contributed by atoms with Gasteiger partial charge in [0.25, 0.3) is 0 Å². The van der Waals surface area contributed by atoms with Gasteiger partial charge in [0.2, 0.25) is 41.4 Å². The highest BCUT2D eigenvalue weighted by Crippen LogP contribution is 2.29. The fourth-order valence-corrected chi connectivity index (χ4v) is 11.1. The molecule has 0 radical (unpaired) electrons. The molecule has 3 aliphatic rings. The van der Waals surface area contributed by atoms with Gasteiger partial charge in [-0.1, -0.05) is 67.6 Å². The highest BCUT2D eigenvalue weighted by atomic mass is 16.4. The van der Waals surface area contributed by atoms with Crippen LogP contribution >= 0.6 is 0 Å². The number of aromatic nitrogens is 1. The number of carboxylic acids is 2. The van der Waals surface area contributed by atoms with Gasteiger partial charge in [-0.15, -0.1) is 0 Å². The summed E-state index contributed by atoms with van der Waals surface area (Å²) in [5.41, 5.74) is 2.55. The number of fused-ring (bicyclic) bond motifs is 1. The number of carbonyl (C=O) groups is 9. The summed E-state index contributed by atoms with van der Waals surface area (Å²) in [6.07, 6.45) is 0.462. The Morgan fingerprint density at radius 1 is 0.593 bits per heavy atom. The monoisotopic (exact) mass is 1190 g/mol. The van der Waals surface area contributed by atoms with Crippen LogP contribution in [0.2, 0.25) is 0 Å². The van der Waals surface area contributed by atoms with Crippen LogP contribution in [-0.2, 0) is 56.0 Å². The minimum absolute atomic E-state index is 0.0194. The zero-order valence-electron chi connectivity index (χ0n) is 49.0. The van der Waals surface area contributed by atoms with E-state index in [1.807, 2.05) is 34.1 Å². The van der Waals surface area contributed by atoms with Crippen molar-refractivity contribution in [2.24, 2.45) is 0 Å². The number of para-hydroxylation sites is 1. The first-order chi connectivity index (χ1) is 41.2. The first-order valence-electron chi connectivity index (χ1n) is 29.4. The minimum atomic E-state index is -1.65. The minimum Gasteiger partial charge on any atom is -0.508 e. The molecule has 86 heavy (non-hydrogen) atoms. The van der Waals surface area contributed by atoms with Crippen molar-refractivity contribution >= 4 is 64.2 Å². The van der Waals surface area contributed by atoms with Crippen LogP contribution in [0.4, 0.5) is 0 Å². The molecule has 7 rings (SSSR count). The average molecular weight is 1190 g/mol. The van der Waals surface area contributed by atoms with Crippen LogP contribution in [0.3, 0.4) is 0 Å². The molecule has 0 bridgehead atoms. The lowest BCUT2D eigenvalue weighted by Gasteiger charge is -2.35. The van der Waals surface area contributed by atoms with Crippen molar-refractivity contribution in [3.63, 3.8) is 0 Å². The highest BCUT2D eigenvalue weighted by molar-refractivity contribution is 5.99. The number of unbranched alkanes of at least 4 members (excludes halogenated alkanes) is 1. The van der Waals surface area contributed by atoms with E-state index in [0.29, 0.717) is 88.6 Å². The number of piperazine rings is 1. The van der Waals surface area contributed by atoms with Gasteiger partial charge in [0.05, 0.1) is 25.7 Å². The lowest BCUT2D eigenvalue weighted by atomic mass is 9.91. The quantitative estimate of drug-likeness (QED) is 0.0443. The molecule has 8 atom stereocenters. The molecule has 3 aliphatic heterocycles. The number of likely N-dealkylation sites (N-methyl/N-ethyl adjacent to an activating group) is 1. The Balaban J connectivity index is 1.20. The molecule has 466 valence electrons. The predicted molar refractivity (Wildman–Crippen MR) is 317 cm³/mol. The summed E-state index contributed by atoms with van der Waals surface area (Å²) in [6, 6.07) is 13.6. The highest BCUT2D eigenvalue weighted by Gasteiger charge is 2.40. The van der Waals surface area contributed by atoms with Crippen molar-refractivity contribution in [2.75, 3.05) is 105 Å². The molecule has 26 heteroatoms. The number of aliphatic hydroxyl groups excluding tert-OH is 1. The maximum atomic E-state index is 15.2. The number of aliphatic carboxylic acids is 2. The lowest BCUT2D eigenvalue weighted by Crippen LogP contribution is -2.65. The van der Waals surface area contributed by atoms with E-state index in [2.05, 4.69) is 42.2 Å². The fourth-order valence-electron chi connectivity index (χ4n) is 11.1. The fraction of sp³-hybridized carbons (Fsp3) is 0.517. The Morgan fingerprint density at radius 3 is 1.76 bits per heavy atom. The number of rotatable bonds is 20. The molecule has 3 fully saturated rings. The third kappa shape index (κ3) is 19.3. The number of phenols is 1. The summed E-state index contributed by atoms with van der Waals surface area (Å²) < 4.78 is 0. The molecule has 12 N–H and O–H groups in total. The van der Waals surface area contributed by atoms with Gasteiger partial charge in [0, 0.05) is 121 Å². The Morgan fingerprint density at radius 2 is 1.13 bits per heavy atom. The van der Waals surface area contributed by atoms with Gasteiger partial charge in [-0.3, -0.25) is 62.8 Å². The van der Waals surface area contributed by atoms with Crippen molar-refractivity contribution in [3.05, 3.63) is 102 Å². The number of aliphatic hydroxyl groups is 1. The Labute approximate surface area is 499 Å². The Kier molecular flexibility index (Phi) is 24.3. The zero-order valence-corrected chi connectivity index (χ0v) is 49.0. The molecule has 0 aliphatic carbocycles. The molecule has 4 aromatic rings. The van der Waals surface area contributed by atoms with Gasteiger partial charge < -0.3 is 67.5 Å². The summed E-state index contributed by atoms with van der Waals surface area (Å²) in [5, 5.41) is 61.5. The van der Waals surface area contributed by atoms with Crippen LogP contribution in [0.1, 0.15) is 55.7 Å². The zero-order chi connectivity index (χ0) is 61.9. The number of nitrogens with one attached hydrogen (secondary N) is 8. The van der Waals surface area contributed by atoms with Gasteiger partial charge >= 0.3 is 11.9 Å². The second-order valence-electron chi connectivity index (χ2n) is 22.5. The van der Waals surface area contributed by atoms with E-state index in [-0.39, 0.29) is 70.1 Å². The first-order valence-corrected chi connectivity index (χ1v) is 29.4. The van der Waals surface area contributed by atoms with E-state index in [4.69, 9.17) is 0 Å². The number of nitrogens with zero attached hydrogens (tertiary/aromatic N) is 5. The molecule has 3 aromatic carbocycles. The SMILES string of the molecule is C[C@@H](O)[C@@H]1NC(=O)[C@H](CN2CCNCC2)NC(=O)[C@@H]([C@@H](C)c2c[nH]c3ccccc23)NC(=O)[C@H](Cc2ccc(O)cc2)NC(=O)[C@H](CCCCNC(=O)CN2CCN(CC(=O)O)CCN(CC(=O)O)CC2)N(C)C(=O)[C@H](Cc2ccccc2)NC1=O. The van der Waals surface area contributed by atoms with Crippen LogP contribution < -0.4 is 37.2 Å². The van der Waals surface area contributed by atoms with Crippen LogP contribution in [0.5, 0.6) is 5.75 Å². The van der Waals surface area contributed by atoms with Gasteiger partial charge in [0.15, 0.2) is 0 Å². The molecule has 26 nitrogen and oxygen atoms in total. The predicted octanol–water partition coefficient (Wildman–Crippen LogP) is -1.61. The van der Waals surface area contributed by atoms with Gasteiger partial charge in [0.1, 0.15) is 42.0 Å². The summed E-state index contributed by atoms with van der Waals surface area (Å²) in [5.74, 6) is -8.04. The number of H-pyrrole nitrogens is 1. The third-order valence-corrected chi connectivity index (χ3v) is 16.1. The third-order valence-electron chi connectivity index (χ3n) is 16.1. The number of carboxylic acid groups (broad SMARTS) is 2. The second-order valence-corrected chi connectivity index (χ2v) is 22.5. The molecule has 4 heterocycles. The van der Waals surface area contributed by atoms with Crippen molar-refractivity contribution in [2.45, 2.75) is 94.2 Å². The Hall–Kier alpha value is -8.01. The van der Waals surface area contributed by atoms with E-state index in [9.17, 15) is 44.4 Å². The largest absolute Gasteiger partial charge is 0.508 e. The van der Waals surface area contributed by atoms with Gasteiger partial charge in [-0.2, -0.15) is 0 Å². The summed E-state index contributed by atoms with van der Waals surface area (Å²) in [6.45, 7) is 6.83. The number of hydrogen-bond donors (Lipinski definition) is 12. The van der Waals surface area contributed by atoms with Crippen LogP contribution in [0, 0.1) is 0 Å². The van der Waals surface area contributed by atoms with Crippen molar-refractivity contribution in [3.8, 4) is 5.75 Å². The van der Waals surface area contributed by atoms with E-state index < -0.39 is 95.7 Å². The molecular formula is C60H83N13O13. The molecule has 1 aromatic heterocycles. The summed E-state index contributed by atoms with van der Waals surface area (Å²) in [4.78, 5) is 138. The number of amides is 7. The molecular weight excluding hydrogens is 1110 g/mol. The number of aromatic hydroxyl groups is 1. The van der Waals surface area contributed by atoms with Gasteiger partial charge in [-0.25, -0.2) is 0 Å². The molecule has 7 amide bonds. The summed E-state index contributed by atoms with van der Waals surface area (Å²) in [7, 11) is 1.39. The molecule has 0 saturated carbocycles. The molecule has 0 spiro atoms. The number of benzene rings is 3. The molecule has 3 saturated heterocycles. The van der Waals surface area contributed by atoms with Gasteiger partial charge in [-0.05, 0) is 61.1 Å².